The molecule has 0 aliphatic heterocycles. The van der Waals surface area contributed by atoms with Crippen LogP contribution in [0.2, 0.25) is 0 Å². The number of aromatic nitrogens is 5. The third-order valence-electron chi connectivity index (χ3n) is 4.45. The highest BCUT2D eigenvalue weighted by Crippen LogP contribution is 2.23. The fraction of sp³-hybridized carbons (Fsp3) is 0.190. The number of nitrogens with one attached hydrogen (secondary N) is 1. The molecule has 1 N–H and O–H groups in total. The fourth-order valence-electron chi connectivity index (χ4n) is 2.89. The molecule has 152 valence electrons. The minimum Gasteiger partial charge on any atom is -0.497 e. The highest BCUT2D eigenvalue weighted by Gasteiger charge is 2.17. The van der Waals surface area contributed by atoms with Crippen LogP contribution in [0.15, 0.2) is 59.6 Å². The maximum absolute atomic E-state index is 12.5. The summed E-state index contributed by atoms with van der Waals surface area (Å²) in [6.45, 7) is 2.31. The number of imidazole rings is 1. The molecule has 0 saturated carbocycles. The Morgan fingerprint density at radius 2 is 2.13 bits per heavy atom. The van der Waals surface area contributed by atoms with Crippen LogP contribution in [0, 0.1) is 0 Å². The van der Waals surface area contributed by atoms with Crippen LogP contribution in [0.25, 0.3) is 17.3 Å². The molecule has 0 atom stereocenters. The molecule has 0 saturated heterocycles. The van der Waals surface area contributed by atoms with E-state index in [2.05, 4.69) is 25.4 Å². The van der Waals surface area contributed by atoms with Gasteiger partial charge >= 0.3 is 0 Å². The summed E-state index contributed by atoms with van der Waals surface area (Å²) in [5.41, 5.74) is 1.86. The summed E-state index contributed by atoms with van der Waals surface area (Å²) in [4.78, 5) is 25.5. The minimum atomic E-state index is -0.292. The van der Waals surface area contributed by atoms with Gasteiger partial charge in [-0.15, -0.1) is 0 Å². The lowest BCUT2D eigenvalue weighted by molar-refractivity contribution is 0.0946. The normalized spacial score (nSPS) is 10.7. The fourth-order valence-corrected chi connectivity index (χ4v) is 2.89. The number of rotatable bonds is 7. The summed E-state index contributed by atoms with van der Waals surface area (Å²) < 4.78 is 12.2. The Labute approximate surface area is 172 Å². The second kappa shape index (κ2) is 8.56. The van der Waals surface area contributed by atoms with E-state index in [4.69, 9.17) is 9.26 Å². The van der Waals surface area contributed by atoms with Crippen LogP contribution >= 0.6 is 0 Å². The first-order valence-electron chi connectivity index (χ1n) is 9.41. The molecule has 0 fully saturated rings. The number of pyridine rings is 1. The van der Waals surface area contributed by atoms with Gasteiger partial charge in [-0.1, -0.05) is 24.2 Å². The van der Waals surface area contributed by atoms with Gasteiger partial charge < -0.3 is 14.6 Å². The third kappa shape index (κ3) is 4.04. The zero-order valence-electron chi connectivity index (χ0n) is 16.6. The predicted molar refractivity (Wildman–Crippen MR) is 108 cm³/mol. The van der Waals surface area contributed by atoms with Gasteiger partial charge in [-0.25, -0.2) is 9.97 Å². The van der Waals surface area contributed by atoms with E-state index in [0.717, 1.165) is 11.3 Å². The van der Waals surface area contributed by atoms with Crippen molar-refractivity contribution in [3.05, 3.63) is 72.2 Å². The number of ether oxygens (including phenoxy) is 1. The van der Waals surface area contributed by atoms with Gasteiger partial charge in [0.15, 0.2) is 11.6 Å². The summed E-state index contributed by atoms with van der Waals surface area (Å²) >= 11 is 0. The summed E-state index contributed by atoms with van der Waals surface area (Å²) in [5.74, 6) is 1.97. The Hall–Kier alpha value is -4.01. The number of hydrogen-bond donors (Lipinski definition) is 1. The second-order valence-corrected chi connectivity index (χ2v) is 6.44. The Bertz CT molecular complexity index is 1170. The van der Waals surface area contributed by atoms with E-state index < -0.39 is 0 Å². The van der Waals surface area contributed by atoms with Crippen LogP contribution in [-0.4, -0.2) is 37.7 Å². The maximum Gasteiger partial charge on any atom is 0.271 e. The summed E-state index contributed by atoms with van der Waals surface area (Å²) in [7, 11) is 1.60. The van der Waals surface area contributed by atoms with Gasteiger partial charge in [0.25, 0.3) is 11.8 Å². The van der Waals surface area contributed by atoms with Gasteiger partial charge in [0, 0.05) is 25.4 Å². The van der Waals surface area contributed by atoms with Crippen molar-refractivity contribution in [3.63, 3.8) is 0 Å². The molecule has 1 aromatic carbocycles. The molecule has 30 heavy (non-hydrogen) atoms. The van der Waals surface area contributed by atoms with E-state index in [1.807, 2.05) is 37.3 Å². The molecule has 1 amide bonds. The minimum absolute atomic E-state index is 0.272. The largest absolute Gasteiger partial charge is 0.497 e. The average Bonchev–Trinajstić information content (AvgIpc) is 3.47. The lowest BCUT2D eigenvalue weighted by Gasteiger charge is -2.06. The molecule has 0 aliphatic rings. The highest BCUT2D eigenvalue weighted by molar-refractivity contribution is 5.92. The summed E-state index contributed by atoms with van der Waals surface area (Å²) in [6, 6.07) is 11.1. The Balaban J connectivity index is 1.52. The molecule has 4 aromatic rings. The van der Waals surface area contributed by atoms with E-state index in [0.29, 0.717) is 36.1 Å². The van der Waals surface area contributed by atoms with Gasteiger partial charge in [-0.05, 0) is 29.8 Å². The monoisotopic (exact) mass is 404 g/mol. The summed E-state index contributed by atoms with van der Waals surface area (Å²) in [6.07, 6.45) is 5.47. The number of methoxy groups -OCH3 is 1. The SMILES string of the molecule is CCc1noc(-c2cccnc2-n2cnc(C(=O)NCc3cccc(OC)c3)c2)n1. The number of amides is 1. The number of aryl methyl sites for hydroxylation is 1. The average molecular weight is 404 g/mol. The Morgan fingerprint density at radius 3 is 2.93 bits per heavy atom. The standard InChI is InChI=1S/C21H20N6O3/c1-3-18-25-21(30-26-18)16-8-5-9-22-19(16)27-12-17(24-13-27)20(28)23-11-14-6-4-7-15(10-14)29-2/h4-10,12-13H,3,11H2,1-2H3,(H,23,28). The third-order valence-corrected chi connectivity index (χ3v) is 4.45. The molecule has 3 heterocycles. The van der Waals surface area contributed by atoms with E-state index in [-0.39, 0.29) is 11.6 Å². The first kappa shape index (κ1) is 19.3. The number of hydrogen-bond acceptors (Lipinski definition) is 7. The van der Waals surface area contributed by atoms with Gasteiger partial charge in [0.1, 0.15) is 17.8 Å². The van der Waals surface area contributed by atoms with Crippen LogP contribution in [0.4, 0.5) is 0 Å². The second-order valence-electron chi connectivity index (χ2n) is 6.44. The van der Waals surface area contributed by atoms with Crippen LogP contribution < -0.4 is 10.1 Å². The zero-order valence-corrected chi connectivity index (χ0v) is 16.6. The van der Waals surface area contributed by atoms with Gasteiger partial charge in [-0.2, -0.15) is 4.98 Å². The molecule has 0 unspecified atom stereocenters. The van der Waals surface area contributed by atoms with Crippen molar-refractivity contribution in [2.75, 3.05) is 7.11 Å². The topological polar surface area (TPSA) is 108 Å². The quantitative estimate of drug-likeness (QED) is 0.504. The molecule has 0 bridgehead atoms. The number of nitrogens with zero attached hydrogens (tertiary/aromatic N) is 5. The lowest BCUT2D eigenvalue weighted by Crippen LogP contribution is -2.23. The first-order valence-corrected chi connectivity index (χ1v) is 9.41. The predicted octanol–water partition coefficient (Wildman–Crippen LogP) is 2.82. The van der Waals surface area contributed by atoms with Gasteiger partial charge in [-0.3, -0.25) is 9.36 Å². The van der Waals surface area contributed by atoms with E-state index in [1.54, 1.807) is 30.1 Å². The summed E-state index contributed by atoms with van der Waals surface area (Å²) in [5, 5.41) is 6.79. The molecule has 9 nitrogen and oxygen atoms in total. The van der Waals surface area contributed by atoms with Crippen LogP contribution in [0.3, 0.4) is 0 Å². The molecule has 4 rings (SSSR count). The van der Waals surface area contributed by atoms with E-state index >= 15 is 0 Å². The molecule has 3 aromatic heterocycles. The van der Waals surface area contributed by atoms with Crippen molar-refractivity contribution < 1.29 is 14.1 Å². The Kier molecular flexibility index (Phi) is 5.51. The van der Waals surface area contributed by atoms with Crippen molar-refractivity contribution in [2.24, 2.45) is 0 Å². The van der Waals surface area contributed by atoms with Crippen LogP contribution in [0.1, 0.15) is 28.8 Å². The molecule has 0 aliphatic carbocycles. The smallest absolute Gasteiger partial charge is 0.271 e. The van der Waals surface area contributed by atoms with Crippen LogP contribution in [-0.2, 0) is 13.0 Å². The number of benzene rings is 1. The first-order chi connectivity index (χ1) is 14.7. The maximum atomic E-state index is 12.5. The zero-order chi connectivity index (χ0) is 20.9. The molecule has 0 spiro atoms. The van der Waals surface area contributed by atoms with E-state index in [1.165, 1.54) is 6.33 Å². The lowest BCUT2D eigenvalue weighted by atomic mass is 10.2. The van der Waals surface area contributed by atoms with Crippen molar-refractivity contribution in [2.45, 2.75) is 19.9 Å². The Morgan fingerprint density at radius 1 is 1.23 bits per heavy atom. The van der Waals surface area contributed by atoms with Crippen LogP contribution in [0.5, 0.6) is 5.75 Å². The van der Waals surface area contributed by atoms with Crippen molar-refractivity contribution in [1.82, 2.24) is 30.0 Å². The molecular weight excluding hydrogens is 384 g/mol. The number of carbonyl (C=O) groups is 1. The van der Waals surface area contributed by atoms with E-state index in [9.17, 15) is 4.79 Å². The van der Waals surface area contributed by atoms with Crippen molar-refractivity contribution >= 4 is 5.91 Å². The van der Waals surface area contributed by atoms with Crippen molar-refractivity contribution in [3.8, 4) is 23.0 Å². The van der Waals surface area contributed by atoms with Crippen molar-refractivity contribution in [1.29, 1.82) is 0 Å². The number of carbonyl (C=O) groups excluding carboxylic acids is 1. The molecule has 9 heteroatoms. The molecular formula is C21H20N6O3. The van der Waals surface area contributed by atoms with Gasteiger partial charge in [0.05, 0.1) is 12.7 Å². The van der Waals surface area contributed by atoms with Gasteiger partial charge in [0.2, 0.25) is 0 Å². The highest BCUT2D eigenvalue weighted by atomic mass is 16.5. The molecule has 0 radical (unpaired) electrons.